The third-order valence-electron chi connectivity index (χ3n) is 1.88. The normalized spacial score (nSPS) is 33.2. The minimum Gasteiger partial charge on any atom is -0.381 e. The highest BCUT2D eigenvalue weighted by Crippen LogP contribution is 2.22. The highest BCUT2D eigenvalue weighted by molar-refractivity contribution is 5.27. The van der Waals surface area contributed by atoms with E-state index in [0.29, 0.717) is 0 Å². The van der Waals surface area contributed by atoms with Gasteiger partial charge in [0.1, 0.15) is 0 Å². The molecule has 1 N–H and O–H groups in total. The summed E-state index contributed by atoms with van der Waals surface area (Å²) >= 11 is 0. The van der Waals surface area contributed by atoms with Crippen molar-refractivity contribution in [1.29, 1.82) is 0 Å². The van der Waals surface area contributed by atoms with Crippen LogP contribution in [0.15, 0.2) is 37.0 Å². The monoisotopic (exact) mass is 167 g/mol. The van der Waals surface area contributed by atoms with Gasteiger partial charge in [-0.2, -0.15) is 0 Å². The molecule has 0 aromatic carbocycles. The van der Waals surface area contributed by atoms with Crippen molar-refractivity contribution in [3.63, 3.8) is 0 Å². The maximum atomic E-state index is 10.6. The molecule has 2 unspecified atom stereocenters. The van der Waals surface area contributed by atoms with Crippen molar-refractivity contribution in [2.75, 3.05) is 0 Å². The van der Waals surface area contributed by atoms with Gasteiger partial charge in [0.25, 0.3) is 5.54 Å². The molecule has 12 heavy (non-hydrogen) atoms. The average molecular weight is 167 g/mol. The lowest BCUT2D eigenvalue weighted by atomic mass is 9.89. The molecule has 4 nitrogen and oxygen atoms in total. The Labute approximate surface area is 69.7 Å². The number of hydrogen-bond acceptors (Lipinski definition) is 3. The van der Waals surface area contributed by atoms with E-state index in [0.717, 1.165) is 6.08 Å². The zero-order chi connectivity index (χ0) is 9.19. The van der Waals surface area contributed by atoms with Crippen LogP contribution in [0.5, 0.6) is 0 Å². The summed E-state index contributed by atoms with van der Waals surface area (Å²) in [6.45, 7) is 3.34. The van der Waals surface area contributed by atoms with Crippen LogP contribution in [0.3, 0.4) is 0 Å². The van der Waals surface area contributed by atoms with Crippen molar-refractivity contribution in [1.82, 2.24) is 0 Å². The molecule has 0 amide bonds. The molecule has 1 aliphatic carbocycles. The van der Waals surface area contributed by atoms with Crippen LogP contribution in [0.2, 0.25) is 0 Å². The van der Waals surface area contributed by atoms with Crippen molar-refractivity contribution in [3.05, 3.63) is 47.1 Å². The Bertz CT molecular complexity index is 269. The maximum Gasteiger partial charge on any atom is 0.287 e. The van der Waals surface area contributed by atoms with Gasteiger partial charge in [-0.3, -0.25) is 10.1 Å². The van der Waals surface area contributed by atoms with Crippen LogP contribution in [-0.4, -0.2) is 21.7 Å². The number of hydrogen-bond donors (Lipinski definition) is 1. The quantitative estimate of drug-likeness (QED) is 0.373. The highest BCUT2D eigenvalue weighted by Gasteiger charge is 2.44. The number of aliphatic hydroxyl groups is 1. The van der Waals surface area contributed by atoms with Crippen molar-refractivity contribution in [2.45, 2.75) is 11.6 Å². The molecule has 0 saturated heterocycles. The molecule has 0 heterocycles. The van der Waals surface area contributed by atoms with Gasteiger partial charge in [-0.25, -0.2) is 0 Å². The van der Waals surface area contributed by atoms with Gasteiger partial charge in [-0.05, 0) is 18.2 Å². The molecule has 0 aliphatic heterocycles. The standard InChI is InChI=1S/C8H9NO3/c1-2-8(9(11)12)6-4-3-5-7(8)10/h2-7,10H,1H2. The van der Waals surface area contributed by atoms with Crippen LogP contribution in [0, 0.1) is 10.1 Å². The van der Waals surface area contributed by atoms with Crippen molar-refractivity contribution in [3.8, 4) is 0 Å². The predicted molar refractivity (Wildman–Crippen MR) is 44.2 cm³/mol. The number of nitrogens with zero attached hydrogens (tertiary/aromatic N) is 1. The third kappa shape index (κ3) is 1.06. The fourth-order valence-corrected chi connectivity index (χ4v) is 1.06. The van der Waals surface area contributed by atoms with Crippen LogP contribution >= 0.6 is 0 Å². The van der Waals surface area contributed by atoms with E-state index in [1.165, 1.54) is 18.2 Å². The summed E-state index contributed by atoms with van der Waals surface area (Å²) in [7, 11) is 0. The highest BCUT2D eigenvalue weighted by atomic mass is 16.6. The first kappa shape index (κ1) is 8.67. The summed E-state index contributed by atoms with van der Waals surface area (Å²) in [6.07, 6.45) is 5.79. The molecule has 0 aromatic heterocycles. The summed E-state index contributed by atoms with van der Waals surface area (Å²) in [5, 5.41) is 19.9. The lowest BCUT2D eigenvalue weighted by Gasteiger charge is -2.23. The van der Waals surface area contributed by atoms with Crippen molar-refractivity contribution < 1.29 is 10.0 Å². The largest absolute Gasteiger partial charge is 0.381 e. The number of allylic oxidation sites excluding steroid dienone is 2. The second kappa shape index (κ2) is 2.91. The van der Waals surface area contributed by atoms with E-state index in [9.17, 15) is 15.2 Å². The second-order valence-corrected chi connectivity index (χ2v) is 2.54. The van der Waals surface area contributed by atoms with E-state index in [1.54, 1.807) is 6.08 Å². The third-order valence-corrected chi connectivity index (χ3v) is 1.88. The average Bonchev–Trinajstić information content (AvgIpc) is 2.05. The Morgan fingerprint density at radius 2 is 2.33 bits per heavy atom. The Kier molecular flexibility index (Phi) is 2.10. The molecule has 0 radical (unpaired) electrons. The second-order valence-electron chi connectivity index (χ2n) is 2.54. The van der Waals surface area contributed by atoms with Crippen LogP contribution in [0.4, 0.5) is 0 Å². The van der Waals surface area contributed by atoms with Gasteiger partial charge in [0.2, 0.25) is 0 Å². The lowest BCUT2D eigenvalue weighted by molar-refractivity contribution is -0.550. The summed E-state index contributed by atoms with van der Waals surface area (Å²) in [4.78, 5) is 10.1. The fourth-order valence-electron chi connectivity index (χ4n) is 1.06. The zero-order valence-corrected chi connectivity index (χ0v) is 6.38. The molecule has 1 rings (SSSR count). The molecule has 0 bridgehead atoms. The minimum absolute atomic E-state index is 0.551. The fraction of sp³-hybridized carbons (Fsp3) is 0.250. The van der Waals surface area contributed by atoms with E-state index in [2.05, 4.69) is 6.58 Å². The first-order valence-electron chi connectivity index (χ1n) is 3.45. The molecule has 0 spiro atoms. The van der Waals surface area contributed by atoms with Crippen molar-refractivity contribution >= 4 is 0 Å². The van der Waals surface area contributed by atoms with Crippen LogP contribution in [0.25, 0.3) is 0 Å². The van der Waals surface area contributed by atoms with Gasteiger partial charge < -0.3 is 5.11 Å². The van der Waals surface area contributed by atoms with Crippen molar-refractivity contribution in [2.24, 2.45) is 0 Å². The molecule has 64 valence electrons. The summed E-state index contributed by atoms with van der Waals surface area (Å²) in [6, 6.07) is 0. The van der Waals surface area contributed by atoms with Gasteiger partial charge in [0.15, 0.2) is 6.10 Å². The Morgan fingerprint density at radius 3 is 2.67 bits per heavy atom. The Morgan fingerprint density at radius 1 is 1.67 bits per heavy atom. The summed E-state index contributed by atoms with van der Waals surface area (Å²) < 4.78 is 0. The van der Waals surface area contributed by atoms with Crippen LogP contribution < -0.4 is 0 Å². The molecular formula is C8H9NO3. The predicted octanol–water partition coefficient (Wildman–Crippen LogP) is 0.675. The van der Waals surface area contributed by atoms with E-state index in [1.807, 2.05) is 0 Å². The number of nitro groups is 1. The summed E-state index contributed by atoms with van der Waals surface area (Å²) in [5.74, 6) is 0. The van der Waals surface area contributed by atoms with Gasteiger partial charge in [-0.1, -0.05) is 18.7 Å². The molecule has 0 aromatic rings. The number of aliphatic hydroxyl groups excluding tert-OH is 1. The Hall–Kier alpha value is -1.42. The summed E-state index contributed by atoms with van der Waals surface area (Å²) in [5.41, 5.74) is -1.55. The smallest absolute Gasteiger partial charge is 0.287 e. The number of rotatable bonds is 2. The molecule has 0 fully saturated rings. The SMILES string of the molecule is C=CC1([N+](=O)[O-])C=CC=CC1O. The van der Waals surface area contributed by atoms with Gasteiger partial charge >= 0.3 is 0 Å². The molecule has 0 saturated carbocycles. The van der Waals surface area contributed by atoms with Crippen LogP contribution in [-0.2, 0) is 0 Å². The Balaban J connectivity index is 3.08. The van der Waals surface area contributed by atoms with E-state index in [-0.39, 0.29) is 0 Å². The molecular weight excluding hydrogens is 158 g/mol. The molecule has 1 aliphatic rings. The minimum atomic E-state index is -1.55. The first-order valence-corrected chi connectivity index (χ1v) is 3.45. The van der Waals surface area contributed by atoms with E-state index < -0.39 is 16.6 Å². The topological polar surface area (TPSA) is 63.4 Å². The lowest BCUT2D eigenvalue weighted by Crippen LogP contribution is -2.45. The molecule has 2 atom stereocenters. The van der Waals surface area contributed by atoms with E-state index in [4.69, 9.17) is 0 Å². The van der Waals surface area contributed by atoms with Crippen LogP contribution in [0.1, 0.15) is 0 Å². The van der Waals surface area contributed by atoms with E-state index >= 15 is 0 Å². The van der Waals surface area contributed by atoms with Gasteiger partial charge in [0, 0.05) is 4.92 Å². The zero-order valence-electron chi connectivity index (χ0n) is 6.38. The first-order chi connectivity index (χ1) is 5.63. The van der Waals surface area contributed by atoms with Gasteiger partial charge in [-0.15, -0.1) is 0 Å². The maximum absolute atomic E-state index is 10.6. The van der Waals surface area contributed by atoms with Gasteiger partial charge in [0.05, 0.1) is 0 Å². The molecule has 4 heteroatoms.